The summed E-state index contributed by atoms with van der Waals surface area (Å²) < 4.78 is 0. The summed E-state index contributed by atoms with van der Waals surface area (Å²) in [5.41, 5.74) is 3.71. The largest absolute Gasteiger partial charge is 0.322 e. The van der Waals surface area contributed by atoms with Crippen molar-refractivity contribution < 1.29 is 14.4 Å². The number of rotatable bonds is 4. The van der Waals surface area contributed by atoms with E-state index in [1.807, 2.05) is 31.2 Å². The van der Waals surface area contributed by atoms with E-state index in [2.05, 4.69) is 10.3 Å². The molecule has 2 amide bonds. The van der Waals surface area contributed by atoms with Gasteiger partial charge in [-0.05, 0) is 68.3 Å². The number of hydrogen-bond donors (Lipinski definition) is 1. The molecule has 1 atom stereocenters. The summed E-state index contributed by atoms with van der Waals surface area (Å²) in [5, 5.41) is 2.78. The molecule has 150 valence electrons. The lowest BCUT2D eigenvalue weighted by molar-refractivity contribution is 0.0975. The molecule has 0 bridgehead atoms. The van der Waals surface area contributed by atoms with Gasteiger partial charge in [0.1, 0.15) is 5.69 Å². The van der Waals surface area contributed by atoms with Gasteiger partial charge in [0.25, 0.3) is 11.8 Å². The van der Waals surface area contributed by atoms with Gasteiger partial charge in [-0.2, -0.15) is 0 Å². The van der Waals surface area contributed by atoms with Crippen molar-refractivity contribution in [3.05, 3.63) is 89.2 Å². The zero-order valence-electron chi connectivity index (χ0n) is 16.8. The molecule has 6 heteroatoms. The van der Waals surface area contributed by atoms with Gasteiger partial charge < -0.3 is 10.2 Å². The normalized spacial score (nSPS) is 14.9. The van der Waals surface area contributed by atoms with Crippen molar-refractivity contribution in [1.29, 1.82) is 0 Å². The lowest BCUT2D eigenvalue weighted by atomic mass is 10.1. The number of fused-ring (bicyclic) bond motifs is 1. The van der Waals surface area contributed by atoms with Crippen molar-refractivity contribution in [3.63, 3.8) is 0 Å². The van der Waals surface area contributed by atoms with Crippen LogP contribution >= 0.6 is 0 Å². The number of aromatic nitrogens is 1. The summed E-state index contributed by atoms with van der Waals surface area (Å²) in [6, 6.07) is 17.6. The number of ketones is 1. The molecule has 0 aliphatic carbocycles. The number of nitrogens with zero attached hydrogens (tertiary/aromatic N) is 2. The van der Waals surface area contributed by atoms with Gasteiger partial charge in [-0.25, -0.2) is 0 Å². The van der Waals surface area contributed by atoms with Crippen LogP contribution in [0.3, 0.4) is 0 Å². The standard InChI is InChI=1S/C24H21N3O3/c1-15-13-18-5-3-4-6-22(18)27(15)24(30)21-14-19(11-12-25-21)23(29)26-20-9-7-17(8-10-20)16(2)28/h3-12,14-15H,13H2,1-2H3,(H,26,29). The third-order valence-corrected chi connectivity index (χ3v) is 5.22. The van der Waals surface area contributed by atoms with E-state index in [9.17, 15) is 14.4 Å². The Bertz CT molecular complexity index is 1140. The number of nitrogens with one attached hydrogen (secondary N) is 1. The van der Waals surface area contributed by atoms with Crippen LogP contribution in [0.1, 0.15) is 50.6 Å². The number of carbonyl (C=O) groups is 3. The molecule has 4 rings (SSSR count). The molecule has 0 fully saturated rings. The van der Waals surface area contributed by atoms with E-state index < -0.39 is 0 Å². The molecule has 0 saturated heterocycles. The first-order valence-electron chi connectivity index (χ1n) is 9.74. The monoisotopic (exact) mass is 399 g/mol. The van der Waals surface area contributed by atoms with Crippen LogP contribution in [0.25, 0.3) is 0 Å². The highest BCUT2D eigenvalue weighted by Gasteiger charge is 2.32. The molecule has 6 nitrogen and oxygen atoms in total. The van der Waals surface area contributed by atoms with Crippen LogP contribution in [-0.4, -0.2) is 28.6 Å². The molecule has 3 aromatic rings. The third-order valence-electron chi connectivity index (χ3n) is 5.22. The van der Waals surface area contributed by atoms with E-state index in [4.69, 9.17) is 0 Å². The predicted molar refractivity (Wildman–Crippen MR) is 115 cm³/mol. The van der Waals surface area contributed by atoms with Gasteiger partial charge in [0.15, 0.2) is 5.78 Å². The second kappa shape index (κ2) is 7.91. The lowest BCUT2D eigenvalue weighted by Gasteiger charge is -2.22. The minimum atomic E-state index is -0.350. The minimum Gasteiger partial charge on any atom is -0.322 e. The number of carbonyl (C=O) groups excluding carboxylic acids is 3. The fraction of sp³-hybridized carbons (Fsp3) is 0.167. The Hall–Kier alpha value is -3.80. The maximum Gasteiger partial charge on any atom is 0.277 e. The number of para-hydroxylation sites is 1. The Balaban J connectivity index is 1.54. The Kier molecular flexibility index (Phi) is 5.14. The van der Waals surface area contributed by atoms with Gasteiger partial charge in [-0.3, -0.25) is 19.4 Å². The van der Waals surface area contributed by atoms with Crippen LogP contribution in [0, 0.1) is 0 Å². The van der Waals surface area contributed by atoms with Gasteiger partial charge in [0, 0.05) is 34.7 Å². The Morgan fingerprint density at radius 2 is 1.73 bits per heavy atom. The number of benzene rings is 2. The minimum absolute atomic E-state index is 0.0222. The molecule has 1 aliphatic heterocycles. The molecule has 1 unspecified atom stereocenters. The number of pyridine rings is 1. The molecule has 30 heavy (non-hydrogen) atoms. The SMILES string of the molecule is CC(=O)c1ccc(NC(=O)c2ccnc(C(=O)N3c4ccccc4CC3C)c2)cc1. The molecular formula is C24H21N3O3. The van der Waals surface area contributed by atoms with Crippen molar-refractivity contribution in [2.75, 3.05) is 10.2 Å². The zero-order chi connectivity index (χ0) is 21.3. The fourth-order valence-electron chi connectivity index (χ4n) is 3.68. The fourth-order valence-corrected chi connectivity index (χ4v) is 3.68. The van der Waals surface area contributed by atoms with Crippen molar-refractivity contribution in [3.8, 4) is 0 Å². The third kappa shape index (κ3) is 3.72. The summed E-state index contributed by atoms with van der Waals surface area (Å²) in [6.45, 7) is 3.49. The highest BCUT2D eigenvalue weighted by molar-refractivity contribution is 6.09. The van der Waals surface area contributed by atoms with Crippen molar-refractivity contribution in [1.82, 2.24) is 4.98 Å². The van der Waals surface area contributed by atoms with Gasteiger partial charge in [0.2, 0.25) is 0 Å². The predicted octanol–water partition coefficient (Wildman–Crippen LogP) is 4.13. The van der Waals surface area contributed by atoms with Gasteiger partial charge in [-0.15, -0.1) is 0 Å². The van der Waals surface area contributed by atoms with Crippen molar-refractivity contribution in [2.24, 2.45) is 0 Å². The summed E-state index contributed by atoms with van der Waals surface area (Å²) >= 11 is 0. The number of Topliss-reactive ketones (excluding diaryl/α,β-unsaturated/α-hetero) is 1. The first kappa shape index (κ1) is 19.5. The van der Waals surface area contributed by atoms with E-state index in [1.165, 1.54) is 19.2 Å². The first-order valence-corrected chi connectivity index (χ1v) is 9.74. The van der Waals surface area contributed by atoms with Crippen LogP contribution in [-0.2, 0) is 6.42 Å². The smallest absolute Gasteiger partial charge is 0.277 e. The van der Waals surface area contributed by atoms with E-state index in [-0.39, 0.29) is 29.3 Å². The molecule has 1 aliphatic rings. The van der Waals surface area contributed by atoms with Gasteiger partial charge in [-0.1, -0.05) is 18.2 Å². The van der Waals surface area contributed by atoms with Crippen LogP contribution in [0.2, 0.25) is 0 Å². The summed E-state index contributed by atoms with van der Waals surface area (Å²) in [6.07, 6.45) is 2.26. The molecule has 0 saturated carbocycles. The Morgan fingerprint density at radius 3 is 2.47 bits per heavy atom. The van der Waals surface area contributed by atoms with E-state index in [1.54, 1.807) is 35.2 Å². The van der Waals surface area contributed by atoms with Crippen LogP contribution < -0.4 is 10.2 Å². The van der Waals surface area contributed by atoms with Crippen LogP contribution in [0.15, 0.2) is 66.9 Å². The summed E-state index contributed by atoms with van der Waals surface area (Å²) in [5.74, 6) is -0.618. The summed E-state index contributed by atoms with van der Waals surface area (Å²) in [4.78, 5) is 43.1. The second-order valence-electron chi connectivity index (χ2n) is 7.37. The molecular weight excluding hydrogens is 378 g/mol. The van der Waals surface area contributed by atoms with Crippen LogP contribution in [0.4, 0.5) is 11.4 Å². The molecule has 0 spiro atoms. The quantitative estimate of drug-likeness (QED) is 0.669. The van der Waals surface area contributed by atoms with Gasteiger partial charge in [0.05, 0.1) is 0 Å². The maximum atomic E-state index is 13.2. The van der Waals surface area contributed by atoms with E-state index >= 15 is 0 Å². The number of anilines is 2. The maximum absolute atomic E-state index is 13.2. The van der Waals surface area contributed by atoms with Crippen molar-refractivity contribution >= 4 is 29.0 Å². The number of amides is 2. The first-order chi connectivity index (χ1) is 14.4. The number of hydrogen-bond acceptors (Lipinski definition) is 4. The highest BCUT2D eigenvalue weighted by Crippen LogP contribution is 2.32. The van der Waals surface area contributed by atoms with E-state index in [0.29, 0.717) is 16.8 Å². The summed E-state index contributed by atoms with van der Waals surface area (Å²) in [7, 11) is 0. The Labute approximate surface area is 174 Å². The topological polar surface area (TPSA) is 79.4 Å². The second-order valence-corrected chi connectivity index (χ2v) is 7.37. The average molecular weight is 399 g/mol. The van der Waals surface area contributed by atoms with Crippen LogP contribution in [0.5, 0.6) is 0 Å². The van der Waals surface area contributed by atoms with Crippen molar-refractivity contribution in [2.45, 2.75) is 26.3 Å². The highest BCUT2D eigenvalue weighted by atomic mass is 16.2. The Morgan fingerprint density at radius 1 is 1.00 bits per heavy atom. The molecule has 1 N–H and O–H groups in total. The van der Waals surface area contributed by atoms with E-state index in [0.717, 1.165) is 17.7 Å². The average Bonchev–Trinajstić information content (AvgIpc) is 3.09. The van der Waals surface area contributed by atoms with Gasteiger partial charge >= 0.3 is 0 Å². The molecule has 1 aromatic heterocycles. The lowest BCUT2D eigenvalue weighted by Crippen LogP contribution is -2.36. The molecule has 0 radical (unpaired) electrons. The molecule has 2 heterocycles. The molecule has 2 aromatic carbocycles. The zero-order valence-corrected chi connectivity index (χ0v) is 16.8.